The number of nitrogens with one attached hydrogen (secondary N) is 1. The predicted molar refractivity (Wildman–Crippen MR) is 91.8 cm³/mol. The number of hydrogen-bond acceptors (Lipinski definition) is 3. The summed E-state index contributed by atoms with van der Waals surface area (Å²) in [6, 6.07) is 8.19. The molecule has 2 aromatic rings. The van der Waals surface area contributed by atoms with Crippen LogP contribution in [-0.4, -0.2) is 14.8 Å². The fourth-order valence-electron chi connectivity index (χ4n) is 2.24. The molecule has 0 saturated heterocycles. The van der Waals surface area contributed by atoms with Crippen LogP contribution >= 0.6 is 12.2 Å². The molecule has 1 heterocycles. The van der Waals surface area contributed by atoms with Crippen LogP contribution in [0.3, 0.4) is 0 Å². The van der Waals surface area contributed by atoms with E-state index >= 15 is 0 Å². The molecule has 0 amide bonds. The standard InChI is InChI=1S/C17H23N3OS/c1-6-11-20-15(18-19-16(20)22)12(2)21-14-9-7-13(8-10-14)17(3,4)5/h6-10,12H,1,11H2,2-5H3,(H,19,22)/t12-/m0/s1. The molecule has 1 aromatic carbocycles. The third kappa shape index (κ3) is 3.65. The summed E-state index contributed by atoms with van der Waals surface area (Å²) in [6.45, 7) is 12.9. The number of allylic oxidation sites excluding steroid dienone is 1. The van der Waals surface area contributed by atoms with Crippen LogP contribution in [0.1, 0.15) is 45.2 Å². The minimum absolute atomic E-state index is 0.135. The molecule has 0 spiro atoms. The smallest absolute Gasteiger partial charge is 0.195 e. The molecule has 0 fully saturated rings. The molecule has 1 N–H and O–H groups in total. The number of benzene rings is 1. The van der Waals surface area contributed by atoms with Gasteiger partial charge in [-0.3, -0.25) is 9.67 Å². The molecule has 0 aliphatic rings. The molecule has 22 heavy (non-hydrogen) atoms. The van der Waals surface area contributed by atoms with E-state index in [0.29, 0.717) is 11.3 Å². The van der Waals surface area contributed by atoms with Crippen LogP contribution in [0.15, 0.2) is 36.9 Å². The van der Waals surface area contributed by atoms with E-state index in [1.54, 1.807) is 6.08 Å². The molecule has 0 aliphatic heterocycles. The van der Waals surface area contributed by atoms with Crippen molar-refractivity contribution in [3.63, 3.8) is 0 Å². The zero-order valence-corrected chi connectivity index (χ0v) is 14.4. The highest BCUT2D eigenvalue weighted by atomic mass is 32.1. The van der Waals surface area contributed by atoms with E-state index in [1.807, 2.05) is 23.6 Å². The first kappa shape index (κ1) is 16.5. The summed E-state index contributed by atoms with van der Waals surface area (Å²) in [5.74, 6) is 1.59. The zero-order chi connectivity index (χ0) is 16.3. The quantitative estimate of drug-likeness (QED) is 0.649. The summed E-state index contributed by atoms with van der Waals surface area (Å²) >= 11 is 5.22. The Morgan fingerprint density at radius 2 is 2.00 bits per heavy atom. The lowest BCUT2D eigenvalue weighted by Crippen LogP contribution is -2.13. The van der Waals surface area contributed by atoms with Crippen molar-refractivity contribution >= 4 is 12.2 Å². The van der Waals surface area contributed by atoms with Gasteiger partial charge in [-0.15, -0.1) is 6.58 Å². The van der Waals surface area contributed by atoms with Gasteiger partial charge in [-0.1, -0.05) is 39.0 Å². The van der Waals surface area contributed by atoms with Crippen LogP contribution in [0.2, 0.25) is 0 Å². The van der Waals surface area contributed by atoms with E-state index in [1.165, 1.54) is 5.56 Å². The summed E-state index contributed by atoms with van der Waals surface area (Å²) in [6.07, 6.45) is 1.59. The van der Waals surface area contributed by atoms with Crippen molar-refractivity contribution in [3.8, 4) is 5.75 Å². The number of H-pyrrole nitrogens is 1. The van der Waals surface area contributed by atoms with Gasteiger partial charge in [0.05, 0.1) is 0 Å². The third-order valence-corrected chi connectivity index (χ3v) is 3.81. The molecule has 5 heteroatoms. The second-order valence-electron chi connectivity index (χ2n) is 6.32. The van der Waals surface area contributed by atoms with Crippen LogP contribution in [0.4, 0.5) is 0 Å². The molecule has 0 unspecified atom stereocenters. The summed E-state index contributed by atoms with van der Waals surface area (Å²) < 4.78 is 8.45. The predicted octanol–water partition coefficient (Wildman–Crippen LogP) is 4.56. The van der Waals surface area contributed by atoms with E-state index in [0.717, 1.165) is 11.6 Å². The topological polar surface area (TPSA) is 42.8 Å². The van der Waals surface area contributed by atoms with Gasteiger partial charge in [0.15, 0.2) is 16.7 Å². The SMILES string of the molecule is C=CCn1c([C@H](C)Oc2ccc(C(C)(C)C)cc2)n[nH]c1=S. The Morgan fingerprint density at radius 1 is 1.36 bits per heavy atom. The molecular weight excluding hydrogens is 294 g/mol. The van der Waals surface area contributed by atoms with Gasteiger partial charge in [-0.2, -0.15) is 5.10 Å². The molecule has 1 atom stereocenters. The van der Waals surface area contributed by atoms with Gasteiger partial charge in [0.2, 0.25) is 0 Å². The highest BCUT2D eigenvalue weighted by Gasteiger charge is 2.17. The maximum atomic E-state index is 5.98. The Labute approximate surface area is 136 Å². The number of hydrogen-bond donors (Lipinski definition) is 1. The monoisotopic (exact) mass is 317 g/mol. The molecule has 0 radical (unpaired) electrons. The van der Waals surface area contributed by atoms with Crippen LogP contribution in [0.5, 0.6) is 5.75 Å². The first-order valence-electron chi connectivity index (χ1n) is 7.36. The van der Waals surface area contributed by atoms with E-state index < -0.39 is 0 Å². The summed E-state index contributed by atoms with van der Waals surface area (Å²) in [5, 5.41) is 7.07. The summed E-state index contributed by atoms with van der Waals surface area (Å²) in [4.78, 5) is 0. The number of aromatic nitrogens is 3. The summed E-state index contributed by atoms with van der Waals surface area (Å²) in [5.41, 5.74) is 1.41. The molecule has 1 aromatic heterocycles. The Balaban J connectivity index is 2.17. The minimum Gasteiger partial charge on any atom is -0.483 e. The van der Waals surface area contributed by atoms with Crippen molar-refractivity contribution in [1.82, 2.24) is 14.8 Å². The van der Waals surface area contributed by atoms with Crippen molar-refractivity contribution in [1.29, 1.82) is 0 Å². The normalized spacial score (nSPS) is 12.9. The zero-order valence-electron chi connectivity index (χ0n) is 13.6. The number of rotatable bonds is 5. The van der Waals surface area contributed by atoms with Gasteiger partial charge in [0.1, 0.15) is 5.75 Å². The molecule has 118 valence electrons. The number of nitrogens with zero attached hydrogens (tertiary/aromatic N) is 2. The number of aromatic amines is 1. The van der Waals surface area contributed by atoms with Crippen molar-refractivity contribution in [2.45, 2.75) is 45.8 Å². The number of ether oxygens (including phenoxy) is 1. The Morgan fingerprint density at radius 3 is 2.55 bits per heavy atom. The average molecular weight is 317 g/mol. The highest BCUT2D eigenvalue weighted by Crippen LogP contribution is 2.26. The van der Waals surface area contributed by atoms with Gasteiger partial charge in [-0.25, -0.2) is 0 Å². The van der Waals surface area contributed by atoms with Gasteiger partial charge in [0.25, 0.3) is 0 Å². The lowest BCUT2D eigenvalue weighted by molar-refractivity contribution is 0.211. The largest absolute Gasteiger partial charge is 0.483 e. The lowest BCUT2D eigenvalue weighted by Gasteiger charge is -2.20. The second-order valence-corrected chi connectivity index (χ2v) is 6.71. The molecule has 2 rings (SSSR count). The van der Waals surface area contributed by atoms with Crippen LogP contribution in [0, 0.1) is 4.77 Å². The average Bonchev–Trinajstić information content (AvgIpc) is 2.80. The molecule has 0 saturated carbocycles. The fraction of sp³-hybridized carbons (Fsp3) is 0.412. The Hall–Kier alpha value is -1.88. The molecule has 0 aliphatic carbocycles. The van der Waals surface area contributed by atoms with E-state index in [-0.39, 0.29) is 11.5 Å². The van der Waals surface area contributed by atoms with Crippen LogP contribution < -0.4 is 4.74 Å². The molecule has 0 bridgehead atoms. The van der Waals surface area contributed by atoms with Gasteiger partial charge in [-0.05, 0) is 42.3 Å². The molecular formula is C17H23N3OS. The first-order chi connectivity index (χ1) is 10.3. The van der Waals surface area contributed by atoms with Gasteiger partial charge >= 0.3 is 0 Å². The minimum atomic E-state index is -0.201. The highest BCUT2D eigenvalue weighted by molar-refractivity contribution is 7.71. The van der Waals surface area contributed by atoms with Crippen LogP contribution in [0.25, 0.3) is 0 Å². The Kier molecular flexibility index (Phi) is 4.86. The van der Waals surface area contributed by atoms with Crippen molar-refractivity contribution < 1.29 is 4.74 Å². The van der Waals surface area contributed by atoms with Crippen molar-refractivity contribution in [2.75, 3.05) is 0 Å². The molecule has 4 nitrogen and oxygen atoms in total. The van der Waals surface area contributed by atoms with E-state index in [2.05, 4.69) is 49.7 Å². The second kappa shape index (κ2) is 6.48. The van der Waals surface area contributed by atoms with Crippen molar-refractivity contribution in [3.05, 3.63) is 53.1 Å². The maximum absolute atomic E-state index is 5.98. The Bertz CT molecular complexity index is 692. The fourth-order valence-corrected chi connectivity index (χ4v) is 2.45. The van der Waals surface area contributed by atoms with Crippen LogP contribution in [-0.2, 0) is 12.0 Å². The van der Waals surface area contributed by atoms with Crippen molar-refractivity contribution in [2.24, 2.45) is 0 Å². The van der Waals surface area contributed by atoms with Gasteiger partial charge in [0, 0.05) is 6.54 Å². The maximum Gasteiger partial charge on any atom is 0.195 e. The summed E-state index contributed by atoms with van der Waals surface area (Å²) in [7, 11) is 0. The lowest BCUT2D eigenvalue weighted by atomic mass is 9.87. The first-order valence-corrected chi connectivity index (χ1v) is 7.77. The van der Waals surface area contributed by atoms with Gasteiger partial charge < -0.3 is 4.74 Å². The third-order valence-electron chi connectivity index (χ3n) is 3.50. The van der Waals surface area contributed by atoms with E-state index in [4.69, 9.17) is 17.0 Å². The van der Waals surface area contributed by atoms with E-state index in [9.17, 15) is 0 Å².